The van der Waals surface area contributed by atoms with Gasteiger partial charge in [0.25, 0.3) is 5.91 Å². The van der Waals surface area contributed by atoms with Gasteiger partial charge in [0.2, 0.25) is 10.0 Å². The number of nitrogens with zero attached hydrogens (tertiary/aromatic N) is 1. The number of sulfonamides is 1. The van der Waals surface area contributed by atoms with Crippen LogP contribution in [0.5, 0.6) is 0 Å². The third-order valence-electron chi connectivity index (χ3n) is 5.13. The fourth-order valence-corrected chi connectivity index (χ4v) is 5.17. The fraction of sp³-hybridized carbons (Fsp3) is 0.409. The Bertz CT molecular complexity index is 979. The molecular formula is C22H28N2O3S. The Labute approximate surface area is 167 Å². The van der Waals surface area contributed by atoms with Crippen molar-refractivity contribution in [2.24, 2.45) is 5.41 Å². The van der Waals surface area contributed by atoms with E-state index in [2.05, 4.69) is 26.1 Å². The highest BCUT2D eigenvalue weighted by molar-refractivity contribution is 7.92. The number of anilines is 1. The van der Waals surface area contributed by atoms with Gasteiger partial charge in [0.05, 0.1) is 18.0 Å². The Hall–Kier alpha value is -2.34. The lowest BCUT2D eigenvalue weighted by molar-refractivity contribution is 0.0901. The van der Waals surface area contributed by atoms with Gasteiger partial charge in [-0.3, -0.25) is 9.10 Å². The van der Waals surface area contributed by atoms with Crippen LogP contribution in [0.1, 0.15) is 55.2 Å². The average Bonchev–Trinajstić information content (AvgIpc) is 2.94. The molecular weight excluding hydrogens is 372 g/mol. The Kier molecular flexibility index (Phi) is 5.28. The molecule has 3 rings (SSSR count). The van der Waals surface area contributed by atoms with Crippen molar-refractivity contribution in [3.8, 4) is 0 Å². The van der Waals surface area contributed by atoms with E-state index in [0.717, 1.165) is 11.1 Å². The molecule has 0 saturated heterocycles. The molecule has 0 saturated carbocycles. The van der Waals surface area contributed by atoms with Crippen molar-refractivity contribution >= 4 is 21.6 Å². The van der Waals surface area contributed by atoms with E-state index in [0.29, 0.717) is 17.7 Å². The number of fused-ring (bicyclic) bond motifs is 1. The molecule has 5 nitrogen and oxygen atoms in total. The van der Waals surface area contributed by atoms with E-state index in [1.165, 1.54) is 10.6 Å². The highest BCUT2D eigenvalue weighted by Gasteiger charge is 2.33. The van der Waals surface area contributed by atoms with Gasteiger partial charge in [0.1, 0.15) is 0 Å². The Morgan fingerprint density at radius 1 is 1.14 bits per heavy atom. The number of carbonyl (C=O) groups excluding carboxylic acids is 1. The smallest absolute Gasteiger partial charge is 0.251 e. The van der Waals surface area contributed by atoms with Crippen LogP contribution < -0.4 is 9.62 Å². The zero-order valence-corrected chi connectivity index (χ0v) is 17.9. The zero-order valence-electron chi connectivity index (χ0n) is 17.1. The number of benzene rings is 2. The van der Waals surface area contributed by atoms with Gasteiger partial charge in [-0.2, -0.15) is 0 Å². The summed E-state index contributed by atoms with van der Waals surface area (Å²) in [6.07, 6.45) is 1.82. The predicted molar refractivity (Wildman–Crippen MR) is 113 cm³/mol. The monoisotopic (exact) mass is 400 g/mol. The molecule has 2 aromatic carbocycles. The van der Waals surface area contributed by atoms with Crippen molar-refractivity contribution in [3.05, 3.63) is 65.2 Å². The molecule has 0 aliphatic carbocycles. The molecule has 1 aliphatic heterocycles. The molecule has 0 aromatic heterocycles. The molecule has 1 amide bonds. The van der Waals surface area contributed by atoms with Crippen LogP contribution in [0.25, 0.3) is 0 Å². The number of carbonyl (C=O) groups is 1. The molecule has 0 bridgehead atoms. The van der Waals surface area contributed by atoms with E-state index in [1.54, 1.807) is 12.1 Å². The molecule has 6 heteroatoms. The summed E-state index contributed by atoms with van der Waals surface area (Å²) in [5.74, 6) is -0.156. The van der Waals surface area contributed by atoms with Gasteiger partial charge in [-0.05, 0) is 48.1 Å². The summed E-state index contributed by atoms with van der Waals surface area (Å²) >= 11 is 0. The normalized spacial score (nSPS) is 17.9. The SMILES string of the molecule is C[C@@H]1Cc2cc(C(=O)N[C@H](c3ccccc3)C(C)(C)C)ccc2N1S(C)(=O)=O. The molecule has 2 atom stereocenters. The van der Waals surface area contributed by atoms with Gasteiger partial charge in [0.15, 0.2) is 0 Å². The minimum absolute atomic E-state index is 0.138. The van der Waals surface area contributed by atoms with Crippen LogP contribution in [0.2, 0.25) is 0 Å². The van der Waals surface area contributed by atoms with Crippen LogP contribution in [0.15, 0.2) is 48.5 Å². The summed E-state index contributed by atoms with van der Waals surface area (Å²) in [7, 11) is -3.34. The topological polar surface area (TPSA) is 66.5 Å². The molecule has 0 spiro atoms. The first-order chi connectivity index (χ1) is 13.0. The van der Waals surface area contributed by atoms with Crippen molar-refractivity contribution in [2.75, 3.05) is 10.6 Å². The number of hydrogen-bond acceptors (Lipinski definition) is 3. The summed E-state index contributed by atoms with van der Waals surface area (Å²) < 4.78 is 25.6. The van der Waals surface area contributed by atoms with Crippen LogP contribution in [0, 0.1) is 5.41 Å². The van der Waals surface area contributed by atoms with Gasteiger partial charge in [-0.25, -0.2) is 8.42 Å². The molecule has 0 unspecified atom stereocenters. The molecule has 28 heavy (non-hydrogen) atoms. The maximum absolute atomic E-state index is 13.0. The molecule has 150 valence electrons. The lowest BCUT2D eigenvalue weighted by atomic mass is 9.82. The number of rotatable bonds is 4. The number of hydrogen-bond donors (Lipinski definition) is 1. The number of amides is 1. The maximum atomic E-state index is 13.0. The minimum atomic E-state index is -3.34. The standard InChI is InChI=1S/C22H28N2O3S/c1-15-13-18-14-17(11-12-19(18)24(15)28(5,26)27)21(25)23-20(22(2,3)4)16-9-7-6-8-10-16/h6-12,14-15,20H,13H2,1-5H3,(H,23,25)/t15-,20-/m1/s1. The van der Waals surface area contributed by atoms with Crippen molar-refractivity contribution in [1.29, 1.82) is 0 Å². The Balaban J connectivity index is 1.89. The Morgan fingerprint density at radius 3 is 2.36 bits per heavy atom. The summed E-state index contributed by atoms with van der Waals surface area (Å²) in [5.41, 5.74) is 3.00. The van der Waals surface area contributed by atoms with Gasteiger partial charge in [-0.1, -0.05) is 51.1 Å². The summed E-state index contributed by atoms with van der Waals surface area (Å²) in [6.45, 7) is 8.17. The lowest BCUT2D eigenvalue weighted by Crippen LogP contribution is -2.36. The van der Waals surface area contributed by atoms with E-state index < -0.39 is 10.0 Å². The fourth-order valence-electron chi connectivity index (χ4n) is 3.91. The molecule has 0 radical (unpaired) electrons. The van der Waals surface area contributed by atoms with Gasteiger partial charge < -0.3 is 5.32 Å². The van der Waals surface area contributed by atoms with Crippen molar-refractivity contribution in [2.45, 2.75) is 46.2 Å². The average molecular weight is 401 g/mol. The highest BCUT2D eigenvalue weighted by atomic mass is 32.2. The predicted octanol–water partition coefficient (Wildman–Crippen LogP) is 3.91. The number of nitrogens with one attached hydrogen (secondary N) is 1. The van der Waals surface area contributed by atoms with E-state index in [1.807, 2.05) is 43.3 Å². The van der Waals surface area contributed by atoms with Gasteiger partial charge in [0, 0.05) is 11.6 Å². The first-order valence-electron chi connectivity index (χ1n) is 9.46. The molecule has 1 aliphatic rings. The third-order valence-corrected chi connectivity index (χ3v) is 6.40. The van der Waals surface area contributed by atoms with E-state index in [-0.39, 0.29) is 23.4 Å². The van der Waals surface area contributed by atoms with Crippen LogP contribution in [-0.2, 0) is 16.4 Å². The highest BCUT2D eigenvalue weighted by Crippen LogP contribution is 2.36. The molecule has 1 heterocycles. The van der Waals surface area contributed by atoms with Crippen LogP contribution in [0.3, 0.4) is 0 Å². The molecule has 2 aromatic rings. The lowest BCUT2D eigenvalue weighted by Gasteiger charge is -2.32. The summed E-state index contributed by atoms with van der Waals surface area (Å²) in [4.78, 5) is 13.0. The largest absolute Gasteiger partial charge is 0.345 e. The van der Waals surface area contributed by atoms with Crippen molar-refractivity contribution in [1.82, 2.24) is 5.32 Å². The van der Waals surface area contributed by atoms with Crippen LogP contribution >= 0.6 is 0 Å². The van der Waals surface area contributed by atoms with Crippen molar-refractivity contribution in [3.63, 3.8) is 0 Å². The van der Waals surface area contributed by atoms with Crippen molar-refractivity contribution < 1.29 is 13.2 Å². The van der Waals surface area contributed by atoms with E-state index >= 15 is 0 Å². The van der Waals surface area contributed by atoms with Crippen LogP contribution in [0.4, 0.5) is 5.69 Å². The Morgan fingerprint density at radius 2 is 1.79 bits per heavy atom. The second-order valence-corrected chi connectivity index (χ2v) is 10.5. The summed E-state index contributed by atoms with van der Waals surface area (Å²) in [5, 5.41) is 3.16. The quantitative estimate of drug-likeness (QED) is 0.846. The maximum Gasteiger partial charge on any atom is 0.251 e. The zero-order chi connectivity index (χ0) is 20.7. The second kappa shape index (κ2) is 7.24. The van der Waals surface area contributed by atoms with E-state index in [4.69, 9.17) is 0 Å². The molecule has 0 fully saturated rings. The first-order valence-corrected chi connectivity index (χ1v) is 11.3. The molecule has 1 N–H and O–H groups in total. The summed E-state index contributed by atoms with van der Waals surface area (Å²) in [6, 6.07) is 14.9. The van der Waals surface area contributed by atoms with Crippen LogP contribution in [-0.4, -0.2) is 26.6 Å². The van der Waals surface area contributed by atoms with Gasteiger partial charge in [-0.15, -0.1) is 0 Å². The first kappa shape index (κ1) is 20.4. The second-order valence-electron chi connectivity index (χ2n) is 8.64. The van der Waals surface area contributed by atoms with E-state index in [9.17, 15) is 13.2 Å². The third kappa shape index (κ3) is 4.07. The van der Waals surface area contributed by atoms with Gasteiger partial charge >= 0.3 is 0 Å². The minimum Gasteiger partial charge on any atom is -0.345 e.